The van der Waals surface area contributed by atoms with Crippen molar-refractivity contribution in [1.82, 2.24) is 0 Å². The summed E-state index contributed by atoms with van der Waals surface area (Å²) < 4.78 is 18.5. The molecule has 0 heterocycles. The molecule has 0 spiro atoms. The van der Waals surface area contributed by atoms with E-state index in [0.29, 0.717) is 0 Å². The number of hydrogen-bond donors (Lipinski definition) is 1. The van der Waals surface area contributed by atoms with Crippen LogP contribution in [0, 0.1) is 11.2 Å². The number of primary amides is 1. The summed E-state index contributed by atoms with van der Waals surface area (Å²) in [4.78, 5) is 11.2. The Morgan fingerprint density at radius 2 is 1.92 bits per heavy atom. The first-order valence-corrected chi connectivity index (χ1v) is 7.88. The molecule has 2 N–H and O–H groups in total. The second-order valence-corrected chi connectivity index (χ2v) is 6.83. The zero-order valence-electron chi connectivity index (χ0n) is 13.8. The van der Waals surface area contributed by atoms with Gasteiger partial charge in [0.05, 0.1) is 0 Å². The molecule has 1 aliphatic carbocycles. The van der Waals surface area contributed by atoms with E-state index in [0.717, 1.165) is 28.7 Å². The molecule has 0 radical (unpaired) electrons. The van der Waals surface area contributed by atoms with Crippen molar-refractivity contribution < 1.29 is 13.9 Å². The number of hydrogen-bond acceptors (Lipinski definition) is 2. The highest BCUT2D eigenvalue weighted by molar-refractivity contribution is 5.70. The summed E-state index contributed by atoms with van der Waals surface area (Å²) in [5.41, 5.74) is 8.99. The van der Waals surface area contributed by atoms with Gasteiger partial charge in [0.25, 0.3) is 0 Å². The van der Waals surface area contributed by atoms with Crippen LogP contribution in [0.4, 0.5) is 9.18 Å². The fourth-order valence-corrected chi connectivity index (χ4v) is 3.28. The Balaban J connectivity index is 1.86. The summed E-state index contributed by atoms with van der Waals surface area (Å²) in [6.45, 7) is 4.12. The zero-order chi connectivity index (χ0) is 17.3. The average Bonchev–Trinajstić information content (AvgIpc) is 2.75. The molecule has 1 aliphatic rings. The van der Waals surface area contributed by atoms with Gasteiger partial charge in [-0.05, 0) is 40.8 Å². The molecule has 1 amide bonds. The van der Waals surface area contributed by atoms with E-state index in [2.05, 4.69) is 19.9 Å². The fourth-order valence-electron chi connectivity index (χ4n) is 3.28. The summed E-state index contributed by atoms with van der Waals surface area (Å²) >= 11 is 0. The Kier molecular flexibility index (Phi) is 4.14. The van der Waals surface area contributed by atoms with Crippen LogP contribution in [-0.2, 0) is 11.2 Å². The van der Waals surface area contributed by atoms with Gasteiger partial charge < -0.3 is 10.5 Å². The Hall–Kier alpha value is -2.62. The third-order valence-corrected chi connectivity index (χ3v) is 4.36. The lowest BCUT2D eigenvalue weighted by Crippen LogP contribution is -2.25. The highest BCUT2D eigenvalue weighted by Crippen LogP contribution is 2.47. The number of fused-ring (bicyclic) bond motifs is 1. The summed E-state index contributed by atoms with van der Waals surface area (Å²) in [7, 11) is 0. The molecule has 1 unspecified atom stereocenters. The Morgan fingerprint density at radius 3 is 2.58 bits per heavy atom. The third kappa shape index (κ3) is 3.32. The standard InChI is InChI=1S/C20H20FNO2/c1-20(2)12-15-10-14(7-6-13-4-3-5-16(21)11-13)8-9-17(15)18(20)24-19(22)23/h3-11,18H,12H2,1-2H3,(H2,22,23)/b7-6+. The summed E-state index contributed by atoms with van der Waals surface area (Å²) in [5.74, 6) is -0.251. The van der Waals surface area contributed by atoms with Gasteiger partial charge in [0.15, 0.2) is 0 Å². The topological polar surface area (TPSA) is 52.3 Å². The number of carbonyl (C=O) groups is 1. The number of amides is 1. The molecule has 24 heavy (non-hydrogen) atoms. The van der Waals surface area contributed by atoms with E-state index in [1.165, 1.54) is 12.1 Å². The van der Waals surface area contributed by atoms with Crippen LogP contribution in [0.1, 0.15) is 42.2 Å². The maximum absolute atomic E-state index is 13.2. The predicted octanol–water partition coefficient (Wildman–Crippen LogP) is 4.71. The maximum atomic E-state index is 13.2. The minimum atomic E-state index is -0.754. The molecule has 0 fully saturated rings. The van der Waals surface area contributed by atoms with Crippen LogP contribution in [-0.4, -0.2) is 6.09 Å². The molecule has 4 heteroatoms. The Bertz CT molecular complexity index is 811. The van der Waals surface area contributed by atoms with Crippen LogP contribution in [0.15, 0.2) is 42.5 Å². The zero-order valence-corrected chi connectivity index (χ0v) is 13.8. The first kappa shape index (κ1) is 16.2. The van der Waals surface area contributed by atoms with Gasteiger partial charge in [-0.2, -0.15) is 0 Å². The van der Waals surface area contributed by atoms with E-state index in [1.807, 2.05) is 30.4 Å². The minimum Gasteiger partial charge on any atom is -0.441 e. The van der Waals surface area contributed by atoms with Crippen LogP contribution < -0.4 is 5.73 Å². The van der Waals surface area contributed by atoms with Crippen molar-refractivity contribution in [3.63, 3.8) is 0 Å². The van der Waals surface area contributed by atoms with Gasteiger partial charge in [-0.15, -0.1) is 0 Å². The van der Waals surface area contributed by atoms with Crippen molar-refractivity contribution in [1.29, 1.82) is 0 Å². The van der Waals surface area contributed by atoms with Crippen molar-refractivity contribution in [3.8, 4) is 0 Å². The predicted molar refractivity (Wildman–Crippen MR) is 92.7 cm³/mol. The van der Waals surface area contributed by atoms with Crippen LogP contribution in [0.2, 0.25) is 0 Å². The van der Waals surface area contributed by atoms with Crippen LogP contribution >= 0.6 is 0 Å². The van der Waals surface area contributed by atoms with E-state index in [-0.39, 0.29) is 17.3 Å². The molecule has 2 aromatic rings. The monoisotopic (exact) mass is 325 g/mol. The summed E-state index contributed by atoms with van der Waals surface area (Å²) in [6, 6.07) is 12.5. The quantitative estimate of drug-likeness (QED) is 0.831. The lowest BCUT2D eigenvalue weighted by molar-refractivity contribution is 0.0392. The molecule has 0 aromatic heterocycles. The molecule has 0 saturated carbocycles. The largest absolute Gasteiger partial charge is 0.441 e. The maximum Gasteiger partial charge on any atom is 0.405 e. The smallest absolute Gasteiger partial charge is 0.405 e. The number of ether oxygens (including phenoxy) is 1. The van der Waals surface area contributed by atoms with Gasteiger partial charge in [-0.3, -0.25) is 0 Å². The van der Waals surface area contributed by atoms with E-state index in [1.54, 1.807) is 6.07 Å². The van der Waals surface area contributed by atoms with Crippen molar-refractivity contribution in [2.45, 2.75) is 26.4 Å². The molecular formula is C20H20FNO2. The highest BCUT2D eigenvalue weighted by Gasteiger charge is 2.41. The molecule has 0 aliphatic heterocycles. The second-order valence-electron chi connectivity index (χ2n) is 6.83. The van der Waals surface area contributed by atoms with Crippen molar-refractivity contribution in [3.05, 3.63) is 70.5 Å². The SMILES string of the molecule is CC1(C)Cc2cc(/C=C/c3cccc(F)c3)ccc2C1OC(N)=O. The molecule has 124 valence electrons. The van der Waals surface area contributed by atoms with Crippen molar-refractivity contribution >= 4 is 18.2 Å². The second kappa shape index (κ2) is 6.11. The normalized spacial score (nSPS) is 18.5. The van der Waals surface area contributed by atoms with Crippen molar-refractivity contribution in [2.24, 2.45) is 11.1 Å². The fraction of sp³-hybridized carbons (Fsp3) is 0.250. The number of rotatable bonds is 3. The first-order chi connectivity index (χ1) is 11.3. The molecule has 0 bridgehead atoms. The highest BCUT2D eigenvalue weighted by atomic mass is 19.1. The lowest BCUT2D eigenvalue weighted by atomic mass is 9.87. The number of benzene rings is 2. The van der Waals surface area contributed by atoms with Gasteiger partial charge in [0.2, 0.25) is 0 Å². The Labute approximate surface area is 140 Å². The van der Waals surface area contributed by atoms with E-state index < -0.39 is 6.09 Å². The average molecular weight is 325 g/mol. The molecule has 3 rings (SSSR count). The van der Waals surface area contributed by atoms with Gasteiger partial charge in [-0.25, -0.2) is 9.18 Å². The third-order valence-electron chi connectivity index (χ3n) is 4.36. The van der Waals surface area contributed by atoms with Crippen LogP contribution in [0.25, 0.3) is 12.2 Å². The van der Waals surface area contributed by atoms with Gasteiger partial charge in [-0.1, -0.05) is 56.3 Å². The number of halogens is 1. The first-order valence-electron chi connectivity index (χ1n) is 7.88. The van der Waals surface area contributed by atoms with Crippen molar-refractivity contribution in [2.75, 3.05) is 0 Å². The summed E-state index contributed by atoms with van der Waals surface area (Å²) in [6.07, 6.45) is 3.55. The van der Waals surface area contributed by atoms with Gasteiger partial charge in [0, 0.05) is 5.41 Å². The van der Waals surface area contributed by atoms with E-state index >= 15 is 0 Å². The van der Waals surface area contributed by atoms with E-state index in [4.69, 9.17) is 10.5 Å². The molecule has 0 saturated heterocycles. The van der Waals surface area contributed by atoms with E-state index in [9.17, 15) is 9.18 Å². The molecular weight excluding hydrogens is 305 g/mol. The lowest BCUT2D eigenvalue weighted by Gasteiger charge is -2.26. The van der Waals surface area contributed by atoms with Gasteiger partial charge in [0.1, 0.15) is 11.9 Å². The molecule has 1 atom stereocenters. The van der Waals surface area contributed by atoms with Crippen LogP contribution in [0.5, 0.6) is 0 Å². The Morgan fingerprint density at radius 1 is 1.21 bits per heavy atom. The molecule has 3 nitrogen and oxygen atoms in total. The molecule has 2 aromatic carbocycles. The van der Waals surface area contributed by atoms with Crippen LogP contribution in [0.3, 0.4) is 0 Å². The summed E-state index contributed by atoms with van der Waals surface area (Å²) in [5, 5.41) is 0. The number of nitrogens with two attached hydrogens (primary N) is 1. The minimum absolute atomic E-state index is 0.192. The van der Waals surface area contributed by atoms with Gasteiger partial charge >= 0.3 is 6.09 Å². The number of carbonyl (C=O) groups excluding carboxylic acids is 1.